The van der Waals surface area contributed by atoms with Crippen molar-refractivity contribution >= 4 is 18.1 Å². The average Bonchev–Trinajstić information content (AvgIpc) is 3.36. The van der Waals surface area contributed by atoms with E-state index in [-0.39, 0.29) is 5.91 Å². The number of nitrogens with one attached hydrogen (secondary N) is 2. The first-order valence-corrected chi connectivity index (χ1v) is 8.55. The number of carbonyl (C=O) groups is 2. The summed E-state index contributed by atoms with van der Waals surface area (Å²) in [6.45, 7) is 7.75. The Kier molecular flexibility index (Phi) is 5.82. The van der Waals surface area contributed by atoms with Crippen LogP contribution < -0.4 is 10.6 Å². The van der Waals surface area contributed by atoms with Crippen molar-refractivity contribution in [3.05, 3.63) is 36.2 Å². The molecule has 2 N–H and O–H groups in total. The third kappa shape index (κ3) is 6.57. The summed E-state index contributed by atoms with van der Waals surface area (Å²) in [4.78, 5) is 28.1. The second-order valence-corrected chi connectivity index (χ2v) is 7.65. The fourth-order valence-electron chi connectivity index (χ4n) is 2.55. The molecular formula is C19H27N3O3. The molecule has 0 saturated heterocycles. The minimum atomic E-state index is -0.545. The molecule has 1 aromatic rings. The number of ether oxygens (including phenoxy) is 1. The highest BCUT2D eigenvalue weighted by atomic mass is 16.6. The zero-order valence-electron chi connectivity index (χ0n) is 15.3. The van der Waals surface area contributed by atoms with Crippen molar-refractivity contribution in [2.45, 2.75) is 51.7 Å². The third-order valence-electron chi connectivity index (χ3n) is 4.02. The second kappa shape index (κ2) is 7.68. The van der Waals surface area contributed by atoms with Gasteiger partial charge in [0.25, 0.3) is 0 Å². The zero-order chi connectivity index (χ0) is 18.5. The van der Waals surface area contributed by atoms with Crippen molar-refractivity contribution in [1.29, 1.82) is 0 Å². The Balaban J connectivity index is 1.91. The molecule has 2 rings (SSSR count). The number of aromatic nitrogens is 1. The third-order valence-corrected chi connectivity index (χ3v) is 4.02. The van der Waals surface area contributed by atoms with E-state index in [0.29, 0.717) is 12.5 Å². The van der Waals surface area contributed by atoms with Crippen molar-refractivity contribution in [3.8, 4) is 0 Å². The molecule has 1 aromatic heterocycles. The number of hydrogen-bond donors (Lipinski definition) is 2. The van der Waals surface area contributed by atoms with Gasteiger partial charge in [-0.25, -0.2) is 4.79 Å². The number of nitrogens with zero attached hydrogens (tertiary/aromatic N) is 1. The van der Waals surface area contributed by atoms with E-state index in [1.54, 1.807) is 18.5 Å². The summed E-state index contributed by atoms with van der Waals surface area (Å²) in [6.07, 6.45) is 8.21. The molecule has 0 aromatic carbocycles. The van der Waals surface area contributed by atoms with Crippen LogP contribution in [0.15, 0.2) is 30.6 Å². The van der Waals surface area contributed by atoms with Gasteiger partial charge >= 0.3 is 6.09 Å². The largest absolute Gasteiger partial charge is 0.444 e. The highest BCUT2D eigenvalue weighted by Gasteiger charge is 2.42. The molecule has 6 nitrogen and oxygen atoms in total. The van der Waals surface area contributed by atoms with Crippen LogP contribution in [-0.4, -0.2) is 34.7 Å². The standard InChI is InChI=1S/C19H27N3O3/c1-18(2,3)25-17(24)21-13-19(4,15-6-7-15)22-16(23)8-5-14-9-11-20-12-10-14/h5,8-12,15H,6-7,13H2,1-4H3,(H,21,24)(H,22,23)/b8-5-/t19-/m0/s1. The Labute approximate surface area is 149 Å². The minimum absolute atomic E-state index is 0.183. The van der Waals surface area contributed by atoms with E-state index in [4.69, 9.17) is 4.74 Å². The summed E-state index contributed by atoms with van der Waals surface area (Å²) in [6, 6.07) is 3.65. The van der Waals surface area contributed by atoms with Gasteiger partial charge < -0.3 is 15.4 Å². The lowest BCUT2D eigenvalue weighted by molar-refractivity contribution is -0.118. The van der Waals surface area contributed by atoms with Crippen LogP contribution in [0, 0.1) is 5.92 Å². The molecule has 1 atom stereocenters. The van der Waals surface area contributed by atoms with Crippen LogP contribution in [0.2, 0.25) is 0 Å². The maximum atomic E-state index is 12.3. The number of hydrogen-bond acceptors (Lipinski definition) is 4. The van der Waals surface area contributed by atoms with E-state index in [1.807, 2.05) is 39.8 Å². The van der Waals surface area contributed by atoms with E-state index >= 15 is 0 Å². The second-order valence-electron chi connectivity index (χ2n) is 7.65. The summed E-state index contributed by atoms with van der Waals surface area (Å²) in [5.74, 6) is 0.179. The van der Waals surface area contributed by atoms with Crippen LogP contribution >= 0.6 is 0 Å². The minimum Gasteiger partial charge on any atom is -0.444 e. The first-order valence-electron chi connectivity index (χ1n) is 8.55. The molecular weight excluding hydrogens is 318 g/mol. The molecule has 25 heavy (non-hydrogen) atoms. The van der Waals surface area contributed by atoms with E-state index < -0.39 is 17.2 Å². The summed E-state index contributed by atoms with van der Waals surface area (Å²) >= 11 is 0. The van der Waals surface area contributed by atoms with Crippen molar-refractivity contribution in [3.63, 3.8) is 0 Å². The lowest BCUT2D eigenvalue weighted by Gasteiger charge is -2.31. The monoisotopic (exact) mass is 345 g/mol. The zero-order valence-corrected chi connectivity index (χ0v) is 15.3. The van der Waals surface area contributed by atoms with E-state index in [9.17, 15) is 9.59 Å². The maximum absolute atomic E-state index is 12.3. The van der Waals surface area contributed by atoms with Crippen LogP contribution in [0.1, 0.15) is 46.1 Å². The molecule has 0 aliphatic heterocycles. The van der Waals surface area contributed by atoms with Crippen LogP contribution in [-0.2, 0) is 9.53 Å². The van der Waals surface area contributed by atoms with Crippen molar-refractivity contribution in [1.82, 2.24) is 15.6 Å². The Morgan fingerprint density at radius 3 is 2.44 bits per heavy atom. The number of rotatable bonds is 6. The molecule has 1 fully saturated rings. The van der Waals surface area contributed by atoms with Crippen LogP contribution in [0.3, 0.4) is 0 Å². The van der Waals surface area contributed by atoms with Gasteiger partial charge in [-0.05, 0) is 70.2 Å². The first kappa shape index (κ1) is 19.0. The van der Waals surface area contributed by atoms with Crippen molar-refractivity contribution < 1.29 is 14.3 Å². The lowest BCUT2D eigenvalue weighted by Crippen LogP contribution is -2.55. The van der Waals surface area contributed by atoms with E-state index in [2.05, 4.69) is 15.6 Å². The van der Waals surface area contributed by atoms with Gasteiger partial charge in [-0.1, -0.05) is 0 Å². The molecule has 6 heteroatoms. The number of amides is 2. The molecule has 0 bridgehead atoms. The van der Waals surface area contributed by atoms with Gasteiger partial charge in [0.05, 0.1) is 5.54 Å². The Morgan fingerprint density at radius 1 is 1.24 bits per heavy atom. The SMILES string of the molecule is CC(C)(C)OC(=O)NC[C@](C)(NC(=O)/C=C\c1ccncc1)C1CC1. The maximum Gasteiger partial charge on any atom is 0.407 e. The van der Waals surface area contributed by atoms with Gasteiger partial charge in [0.2, 0.25) is 5.91 Å². The number of carbonyl (C=O) groups excluding carboxylic acids is 2. The molecule has 0 radical (unpaired) electrons. The summed E-state index contributed by atoms with van der Waals surface area (Å²) < 4.78 is 5.26. The Morgan fingerprint density at radius 2 is 1.88 bits per heavy atom. The molecule has 0 spiro atoms. The fourth-order valence-corrected chi connectivity index (χ4v) is 2.55. The fraction of sp³-hybridized carbons (Fsp3) is 0.526. The Hall–Kier alpha value is -2.37. The van der Waals surface area contributed by atoms with Crippen molar-refractivity contribution in [2.75, 3.05) is 6.54 Å². The van der Waals surface area contributed by atoms with Crippen molar-refractivity contribution in [2.24, 2.45) is 5.92 Å². The van der Waals surface area contributed by atoms with E-state index in [1.165, 1.54) is 6.08 Å². The summed E-state index contributed by atoms with van der Waals surface area (Å²) in [7, 11) is 0. The number of alkyl carbamates (subject to hydrolysis) is 1. The van der Waals surface area contributed by atoms with Gasteiger partial charge in [-0.3, -0.25) is 9.78 Å². The topological polar surface area (TPSA) is 80.3 Å². The van der Waals surface area contributed by atoms with Crippen LogP contribution in [0.5, 0.6) is 0 Å². The predicted molar refractivity (Wildman–Crippen MR) is 96.8 cm³/mol. The molecule has 2 amide bonds. The molecule has 1 saturated carbocycles. The van der Waals surface area contributed by atoms with Gasteiger partial charge in [-0.2, -0.15) is 0 Å². The molecule has 1 heterocycles. The van der Waals surface area contributed by atoms with Crippen LogP contribution in [0.4, 0.5) is 4.79 Å². The predicted octanol–water partition coefficient (Wildman–Crippen LogP) is 2.90. The number of pyridine rings is 1. The molecule has 1 aliphatic rings. The van der Waals surface area contributed by atoms with Gasteiger partial charge in [0.1, 0.15) is 5.60 Å². The highest BCUT2D eigenvalue weighted by Crippen LogP contribution is 2.39. The lowest BCUT2D eigenvalue weighted by atomic mass is 9.95. The highest BCUT2D eigenvalue weighted by molar-refractivity contribution is 5.92. The molecule has 0 unspecified atom stereocenters. The van der Waals surface area contributed by atoms with E-state index in [0.717, 1.165) is 18.4 Å². The first-order chi connectivity index (χ1) is 11.7. The normalized spacial score (nSPS) is 17.0. The molecule has 136 valence electrons. The van der Waals surface area contributed by atoms with Gasteiger partial charge in [-0.15, -0.1) is 0 Å². The average molecular weight is 345 g/mol. The summed E-state index contributed by atoms with van der Waals surface area (Å²) in [5.41, 5.74) is -0.127. The Bertz CT molecular complexity index is 633. The smallest absolute Gasteiger partial charge is 0.407 e. The van der Waals surface area contributed by atoms with Gasteiger partial charge in [0, 0.05) is 25.0 Å². The summed E-state index contributed by atoms with van der Waals surface area (Å²) in [5, 5.41) is 5.80. The van der Waals surface area contributed by atoms with Gasteiger partial charge in [0.15, 0.2) is 0 Å². The molecule has 1 aliphatic carbocycles. The quantitative estimate of drug-likeness (QED) is 0.777. The van der Waals surface area contributed by atoms with Crippen LogP contribution in [0.25, 0.3) is 6.08 Å².